The lowest BCUT2D eigenvalue weighted by Crippen LogP contribution is -2.29. The molecule has 1 aromatic rings. The summed E-state index contributed by atoms with van der Waals surface area (Å²) in [7, 11) is 0. The highest BCUT2D eigenvalue weighted by molar-refractivity contribution is 5.73. The van der Waals surface area contributed by atoms with Gasteiger partial charge in [0.1, 0.15) is 0 Å². The fourth-order valence-corrected chi connectivity index (χ4v) is 2.37. The smallest absolute Gasteiger partial charge is 0.475 e. The third-order valence-electron chi connectivity index (χ3n) is 3.53. The molecule has 1 aliphatic heterocycles. The van der Waals surface area contributed by atoms with Crippen molar-refractivity contribution in [2.24, 2.45) is 5.92 Å². The summed E-state index contributed by atoms with van der Waals surface area (Å²) >= 11 is 0. The van der Waals surface area contributed by atoms with Crippen molar-refractivity contribution in [2.45, 2.75) is 31.6 Å². The molecule has 2 rings (SSSR count). The zero-order chi connectivity index (χ0) is 18.4. The third-order valence-corrected chi connectivity index (χ3v) is 3.53. The van der Waals surface area contributed by atoms with Crippen molar-refractivity contribution in [1.29, 1.82) is 0 Å². The molecule has 1 fully saturated rings. The van der Waals surface area contributed by atoms with E-state index in [-0.39, 0.29) is 0 Å². The minimum atomic E-state index is -5.08. The maximum Gasteiger partial charge on any atom is 0.490 e. The van der Waals surface area contributed by atoms with Crippen molar-refractivity contribution in [3.63, 3.8) is 0 Å². The van der Waals surface area contributed by atoms with Crippen LogP contribution in [-0.2, 0) is 17.4 Å². The number of piperidine rings is 1. The maximum absolute atomic E-state index is 12.8. The Hall–Kier alpha value is -1.77. The molecule has 0 aliphatic carbocycles. The molecule has 0 spiro atoms. The van der Waals surface area contributed by atoms with Gasteiger partial charge in [0, 0.05) is 0 Å². The van der Waals surface area contributed by atoms with Crippen LogP contribution in [-0.4, -0.2) is 30.3 Å². The number of halogens is 6. The first-order chi connectivity index (χ1) is 11.0. The van der Waals surface area contributed by atoms with Crippen LogP contribution in [0.2, 0.25) is 0 Å². The molecule has 0 unspecified atom stereocenters. The van der Waals surface area contributed by atoms with Crippen LogP contribution < -0.4 is 5.32 Å². The fourth-order valence-electron chi connectivity index (χ4n) is 2.37. The Labute approximate surface area is 134 Å². The fraction of sp³-hybridized carbons (Fsp3) is 0.533. The van der Waals surface area contributed by atoms with Crippen LogP contribution in [0.15, 0.2) is 24.3 Å². The summed E-state index contributed by atoms with van der Waals surface area (Å²) in [5.74, 6) is -2.38. The van der Waals surface area contributed by atoms with Crippen molar-refractivity contribution in [1.82, 2.24) is 5.32 Å². The van der Waals surface area contributed by atoms with E-state index in [9.17, 15) is 26.3 Å². The SMILES string of the molecule is FC(F)(F)c1ccccc1CC1CCNCC1.O=C(O)C(F)(F)F. The summed E-state index contributed by atoms with van der Waals surface area (Å²) in [4.78, 5) is 8.90. The second-order valence-corrected chi connectivity index (χ2v) is 5.36. The minimum Gasteiger partial charge on any atom is -0.475 e. The summed E-state index contributed by atoms with van der Waals surface area (Å²) in [6, 6.07) is 5.92. The average Bonchev–Trinajstić information content (AvgIpc) is 2.47. The lowest BCUT2D eigenvalue weighted by molar-refractivity contribution is -0.192. The van der Waals surface area contributed by atoms with E-state index in [1.165, 1.54) is 12.1 Å². The van der Waals surface area contributed by atoms with Crippen LogP contribution >= 0.6 is 0 Å². The average molecular weight is 357 g/mol. The van der Waals surface area contributed by atoms with Gasteiger partial charge in [0.15, 0.2) is 0 Å². The molecule has 0 aromatic heterocycles. The predicted molar refractivity (Wildman–Crippen MR) is 74.4 cm³/mol. The zero-order valence-corrected chi connectivity index (χ0v) is 12.5. The molecule has 1 heterocycles. The second-order valence-electron chi connectivity index (χ2n) is 5.36. The van der Waals surface area contributed by atoms with Gasteiger partial charge in [-0.2, -0.15) is 26.3 Å². The molecule has 136 valence electrons. The van der Waals surface area contributed by atoms with Crippen LogP contribution in [0.4, 0.5) is 26.3 Å². The summed E-state index contributed by atoms with van der Waals surface area (Å²) in [5.41, 5.74) is -0.0366. The standard InChI is InChI=1S/C13H16F3N.C2HF3O2/c14-13(15,16)12-4-2-1-3-11(12)9-10-5-7-17-8-6-10;3-2(4,5)1(6)7/h1-4,10,17H,5-9H2;(H,6,7). The first-order valence-corrected chi connectivity index (χ1v) is 7.17. The van der Waals surface area contributed by atoms with E-state index in [0.717, 1.165) is 25.9 Å². The molecule has 2 N–H and O–H groups in total. The molecule has 1 aliphatic rings. The first kappa shape index (κ1) is 20.3. The number of rotatable bonds is 2. The Kier molecular flexibility index (Phi) is 7.07. The number of carboxylic acid groups (broad SMARTS) is 1. The molecule has 24 heavy (non-hydrogen) atoms. The maximum atomic E-state index is 12.8. The van der Waals surface area contributed by atoms with E-state index >= 15 is 0 Å². The van der Waals surface area contributed by atoms with Crippen LogP contribution in [0.3, 0.4) is 0 Å². The normalized spacial score (nSPS) is 16.2. The first-order valence-electron chi connectivity index (χ1n) is 7.17. The summed E-state index contributed by atoms with van der Waals surface area (Å²) in [6.07, 6.45) is -6.85. The molecule has 1 saturated heterocycles. The highest BCUT2D eigenvalue weighted by atomic mass is 19.4. The topological polar surface area (TPSA) is 49.3 Å². The van der Waals surface area contributed by atoms with Crippen molar-refractivity contribution in [3.8, 4) is 0 Å². The van der Waals surface area contributed by atoms with Gasteiger partial charge in [-0.25, -0.2) is 4.79 Å². The predicted octanol–water partition coefficient (Wildman–Crippen LogP) is 3.88. The molecule has 0 atom stereocenters. The van der Waals surface area contributed by atoms with E-state index in [1.54, 1.807) is 12.1 Å². The Balaban J connectivity index is 0.000000351. The van der Waals surface area contributed by atoms with Gasteiger partial charge >= 0.3 is 18.3 Å². The highest BCUT2D eigenvalue weighted by Crippen LogP contribution is 2.33. The van der Waals surface area contributed by atoms with Crippen LogP contribution in [0.1, 0.15) is 24.0 Å². The number of benzene rings is 1. The van der Waals surface area contributed by atoms with Crippen molar-refractivity contribution in [3.05, 3.63) is 35.4 Å². The number of hydrogen-bond donors (Lipinski definition) is 2. The molecule has 3 nitrogen and oxygen atoms in total. The molecule has 0 amide bonds. The second kappa shape index (κ2) is 8.36. The number of carbonyl (C=O) groups is 1. The Morgan fingerprint density at radius 1 is 1.08 bits per heavy atom. The number of alkyl halides is 6. The zero-order valence-electron chi connectivity index (χ0n) is 12.5. The van der Waals surface area contributed by atoms with Crippen LogP contribution in [0, 0.1) is 5.92 Å². The van der Waals surface area contributed by atoms with Gasteiger partial charge in [-0.1, -0.05) is 18.2 Å². The van der Waals surface area contributed by atoms with Gasteiger partial charge in [0.25, 0.3) is 0 Å². The van der Waals surface area contributed by atoms with Gasteiger partial charge in [0.2, 0.25) is 0 Å². The largest absolute Gasteiger partial charge is 0.490 e. The van der Waals surface area contributed by atoms with E-state index < -0.39 is 23.9 Å². The van der Waals surface area contributed by atoms with Crippen LogP contribution in [0.25, 0.3) is 0 Å². The Morgan fingerprint density at radius 3 is 2.04 bits per heavy atom. The molecule has 0 bridgehead atoms. The minimum absolute atomic E-state index is 0.375. The van der Waals surface area contributed by atoms with E-state index in [2.05, 4.69) is 5.32 Å². The van der Waals surface area contributed by atoms with Gasteiger partial charge in [-0.3, -0.25) is 0 Å². The lowest BCUT2D eigenvalue weighted by atomic mass is 9.89. The van der Waals surface area contributed by atoms with Crippen LogP contribution in [0.5, 0.6) is 0 Å². The summed E-state index contributed by atoms with van der Waals surface area (Å²) in [5, 5.41) is 10.3. The molecular formula is C15H17F6NO2. The molecule has 9 heteroatoms. The number of hydrogen-bond acceptors (Lipinski definition) is 2. The molecular weight excluding hydrogens is 340 g/mol. The third kappa shape index (κ3) is 6.77. The number of aliphatic carboxylic acids is 1. The molecule has 0 radical (unpaired) electrons. The van der Waals surface area contributed by atoms with Gasteiger partial charge in [-0.15, -0.1) is 0 Å². The van der Waals surface area contributed by atoms with Crippen molar-refractivity contribution >= 4 is 5.97 Å². The lowest BCUT2D eigenvalue weighted by Gasteiger charge is -2.24. The Morgan fingerprint density at radius 2 is 1.58 bits per heavy atom. The quantitative estimate of drug-likeness (QED) is 0.790. The van der Waals surface area contributed by atoms with Crippen molar-refractivity contribution < 1.29 is 36.2 Å². The van der Waals surface area contributed by atoms with Gasteiger partial charge in [0.05, 0.1) is 5.56 Å². The van der Waals surface area contributed by atoms with Gasteiger partial charge < -0.3 is 10.4 Å². The number of nitrogens with one attached hydrogen (secondary N) is 1. The molecule has 0 saturated carbocycles. The van der Waals surface area contributed by atoms with E-state index in [1.807, 2.05) is 0 Å². The molecule has 1 aromatic carbocycles. The highest BCUT2D eigenvalue weighted by Gasteiger charge is 2.38. The monoisotopic (exact) mass is 357 g/mol. The van der Waals surface area contributed by atoms with Gasteiger partial charge in [-0.05, 0) is 49.9 Å². The Bertz CT molecular complexity index is 536. The number of carboxylic acids is 1. The van der Waals surface area contributed by atoms with Crippen molar-refractivity contribution in [2.75, 3.05) is 13.1 Å². The summed E-state index contributed by atoms with van der Waals surface area (Å²) in [6.45, 7) is 1.83. The van der Waals surface area contributed by atoms with E-state index in [4.69, 9.17) is 9.90 Å². The summed E-state index contributed by atoms with van der Waals surface area (Å²) < 4.78 is 70.1. The van der Waals surface area contributed by atoms with E-state index in [0.29, 0.717) is 17.9 Å².